The lowest BCUT2D eigenvalue weighted by atomic mass is 9.80. The standard InChI is InChI=1S/C15H17N/c1-10-5-4-6-11-9-14(16)12-7-2-3-8-13(12)15(10)11/h2-3,7-10H,4-6,16H2,1H3. The molecule has 1 nitrogen and oxygen atoms in total. The normalized spacial score (nSPS) is 19.7. The van der Waals surface area contributed by atoms with E-state index in [4.69, 9.17) is 5.73 Å². The lowest BCUT2D eigenvalue weighted by molar-refractivity contribution is 0.595. The lowest BCUT2D eigenvalue weighted by Crippen LogP contribution is -2.08. The van der Waals surface area contributed by atoms with Crippen molar-refractivity contribution >= 4 is 16.5 Å². The van der Waals surface area contributed by atoms with E-state index in [2.05, 4.69) is 37.3 Å². The van der Waals surface area contributed by atoms with E-state index in [1.807, 2.05) is 0 Å². The van der Waals surface area contributed by atoms with Crippen molar-refractivity contribution in [3.63, 3.8) is 0 Å². The van der Waals surface area contributed by atoms with Crippen molar-refractivity contribution in [3.8, 4) is 0 Å². The Labute approximate surface area is 96.3 Å². The molecule has 0 aliphatic heterocycles. The van der Waals surface area contributed by atoms with Crippen LogP contribution in [0.2, 0.25) is 0 Å². The third-order valence-corrected chi connectivity index (χ3v) is 3.78. The highest BCUT2D eigenvalue weighted by molar-refractivity contribution is 5.96. The number of rotatable bonds is 0. The first-order valence-electron chi connectivity index (χ1n) is 6.07. The summed E-state index contributed by atoms with van der Waals surface area (Å²) in [5.41, 5.74) is 10.1. The third kappa shape index (κ3) is 1.31. The molecule has 0 spiro atoms. The fourth-order valence-electron chi connectivity index (χ4n) is 3.02. The number of aryl methyl sites for hydroxylation is 1. The van der Waals surface area contributed by atoms with Gasteiger partial charge in [0, 0.05) is 11.1 Å². The van der Waals surface area contributed by atoms with Crippen LogP contribution >= 0.6 is 0 Å². The van der Waals surface area contributed by atoms with E-state index in [9.17, 15) is 0 Å². The average Bonchev–Trinajstić information content (AvgIpc) is 2.29. The number of hydrogen-bond acceptors (Lipinski definition) is 1. The number of anilines is 1. The molecule has 3 rings (SSSR count). The molecule has 0 fully saturated rings. The van der Waals surface area contributed by atoms with Crippen LogP contribution in [0.1, 0.15) is 36.8 Å². The topological polar surface area (TPSA) is 26.0 Å². The van der Waals surface area contributed by atoms with E-state index in [-0.39, 0.29) is 0 Å². The number of fused-ring (bicyclic) bond motifs is 3. The molecule has 0 bridgehead atoms. The van der Waals surface area contributed by atoms with Crippen molar-refractivity contribution in [3.05, 3.63) is 41.5 Å². The van der Waals surface area contributed by atoms with E-state index in [0.717, 1.165) is 5.69 Å². The van der Waals surface area contributed by atoms with Crippen LogP contribution in [-0.4, -0.2) is 0 Å². The first kappa shape index (κ1) is 9.71. The Bertz CT molecular complexity index is 542. The van der Waals surface area contributed by atoms with Gasteiger partial charge in [-0.2, -0.15) is 0 Å². The monoisotopic (exact) mass is 211 g/mol. The van der Waals surface area contributed by atoms with Gasteiger partial charge in [-0.1, -0.05) is 31.2 Å². The molecule has 1 aliphatic rings. The number of nitrogens with two attached hydrogens (primary N) is 1. The summed E-state index contributed by atoms with van der Waals surface area (Å²) in [4.78, 5) is 0. The van der Waals surface area contributed by atoms with Crippen molar-refractivity contribution in [1.29, 1.82) is 0 Å². The maximum atomic E-state index is 6.13. The molecule has 1 heteroatoms. The van der Waals surface area contributed by atoms with Crippen LogP contribution in [0.15, 0.2) is 30.3 Å². The molecule has 0 radical (unpaired) electrons. The second kappa shape index (κ2) is 3.51. The van der Waals surface area contributed by atoms with E-state index in [0.29, 0.717) is 5.92 Å². The predicted octanol–water partition coefficient (Wildman–Crippen LogP) is 3.86. The predicted molar refractivity (Wildman–Crippen MR) is 69.7 cm³/mol. The fraction of sp³-hybridized carbons (Fsp3) is 0.333. The highest BCUT2D eigenvalue weighted by Gasteiger charge is 2.19. The van der Waals surface area contributed by atoms with E-state index >= 15 is 0 Å². The molecule has 0 saturated carbocycles. The average molecular weight is 211 g/mol. The smallest absolute Gasteiger partial charge is 0.0396 e. The van der Waals surface area contributed by atoms with Gasteiger partial charge in [0.05, 0.1) is 0 Å². The van der Waals surface area contributed by atoms with Gasteiger partial charge < -0.3 is 5.73 Å². The summed E-state index contributed by atoms with van der Waals surface area (Å²) < 4.78 is 0. The number of benzene rings is 2. The Morgan fingerprint density at radius 3 is 2.75 bits per heavy atom. The van der Waals surface area contributed by atoms with Gasteiger partial charge in [0.1, 0.15) is 0 Å². The summed E-state index contributed by atoms with van der Waals surface area (Å²) in [7, 11) is 0. The summed E-state index contributed by atoms with van der Waals surface area (Å²) in [6.07, 6.45) is 3.79. The zero-order valence-corrected chi connectivity index (χ0v) is 9.66. The zero-order chi connectivity index (χ0) is 11.1. The minimum atomic E-state index is 0.675. The number of hydrogen-bond donors (Lipinski definition) is 1. The Kier molecular flexibility index (Phi) is 2.13. The Hall–Kier alpha value is -1.50. The van der Waals surface area contributed by atoms with Crippen molar-refractivity contribution < 1.29 is 0 Å². The van der Waals surface area contributed by atoms with Crippen LogP contribution < -0.4 is 5.73 Å². The van der Waals surface area contributed by atoms with Gasteiger partial charge >= 0.3 is 0 Å². The largest absolute Gasteiger partial charge is 0.398 e. The molecule has 1 atom stereocenters. The second-order valence-corrected chi connectivity index (χ2v) is 4.88. The molecule has 2 N–H and O–H groups in total. The summed E-state index contributed by atoms with van der Waals surface area (Å²) in [6, 6.07) is 10.7. The molecule has 16 heavy (non-hydrogen) atoms. The van der Waals surface area contributed by atoms with Gasteiger partial charge in [-0.05, 0) is 47.8 Å². The molecule has 82 valence electrons. The van der Waals surface area contributed by atoms with Crippen LogP contribution in [0.4, 0.5) is 5.69 Å². The molecule has 0 amide bonds. The second-order valence-electron chi connectivity index (χ2n) is 4.88. The molecule has 0 aromatic heterocycles. The van der Waals surface area contributed by atoms with Gasteiger partial charge in [-0.25, -0.2) is 0 Å². The molecule has 0 saturated heterocycles. The van der Waals surface area contributed by atoms with E-state index in [1.165, 1.54) is 41.2 Å². The molecule has 1 aliphatic carbocycles. The van der Waals surface area contributed by atoms with Gasteiger partial charge in [-0.15, -0.1) is 0 Å². The van der Waals surface area contributed by atoms with Crippen LogP contribution in [0.5, 0.6) is 0 Å². The zero-order valence-electron chi connectivity index (χ0n) is 9.66. The van der Waals surface area contributed by atoms with Crippen LogP contribution in [-0.2, 0) is 6.42 Å². The molecular formula is C15H17N. The quantitative estimate of drug-likeness (QED) is 0.658. The maximum Gasteiger partial charge on any atom is 0.0396 e. The molecule has 1 unspecified atom stereocenters. The van der Waals surface area contributed by atoms with Crippen LogP contribution in [0.25, 0.3) is 10.8 Å². The minimum Gasteiger partial charge on any atom is -0.398 e. The Morgan fingerprint density at radius 1 is 1.19 bits per heavy atom. The van der Waals surface area contributed by atoms with Crippen LogP contribution in [0, 0.1) is 0 Å². The minimum absolute atomic E-state index is 0.675. The Morgan fingerprint density at radius 2 is 1.94 bits per heavy atom. The first-order valence-corrected chi connectivity index (χ1v) is 6.07. The molecule has 2 aromatic rings. The molecule has 0 heterocycles. The van der Waals surface area contributed by atoms with Gasteiger partial charge in [0.2, 0.25) is 0 Å². The highest BCUT2D eigenvalue weighted by atomic mass is 14.6. The van der Waals surface area contributed by atoms with Crippen molar-refractivity contribution in [2.24, 2.45) is 0 Å². The van der Waals surface area contributed by atoms with E-state index < -0.39 is 0 Å². The molecular weight excluding hydrogens is 194 g/mol. The highest BCUT2D eigenvalue weighted by Crippen LogP contribution is 2.38. The third-order valence-electron chi connectivity index (χ3n) is 3.78. The van der Waals surface area contributed by atoms with E-state index in [1.54, 1.807) is 0 Å². The maximum absolute atomic E-state index is 6.13. The summed E-state index contributed by atoms with van der Waals surface area (Å²) >= 11 is 0. The van der Waals surface area contributed by atoms with Crippen molar-refractivity contribution in [2.75, 3.05) is 5.73 Å². The van der Waals surface area contributed by atoms with Crippen molar-refractivity contribution in [2.45, 2.75) is 32.1 Å². The fourth-order valence-corrected chi connectivity index (χ4v) is 3.02. The number of nitrogen functional groups attached to an aromatic ring is 1. The first-order chi connectivity index (χ1) is 7.77. The van der Waals surface area contributed by atoms with Crippen molar-refractivity contribution in [1.82, 2.24) is 0 Å². The summed E-state index contributed by atoms with van der Waals surface area (Å²) in [6.45, 7) is 2.33. The SMILES string of the molecule is CC1CCCc2cc(N)c3ccccc3c21. The lowest BCUT2D eigenvalue weighted by Gasteiger charge is -2.25. The van der Waals surface area contributed by atoms with Gasteiger partial charge in [-0.3, -0.25) is 0 Å². The Balaban J connectivity index is 2.40. The van der Waals surface area contributed by atoms with Gasteiger partial charge in [0.15, 0.2) is 0 Å². The summed E-state index contributed by atoms with van der Waals surface area (Å²) in [5.74, 6) is 0.675. The van der Waals surface area contributed by atoms with Crippen LogP contribution in [0.3, 0.4) is 0 Å². The molecule has 2 aromatic carbocycles. The van der Waals surface area contributed by atoms with Gasteiger partial charge in [0.25, 0.3) is 0 Å². The summed E-state index contributed by atoms with van der Waals surface area (Å²) in [5, 5.41) is 2.58.